The monoisotopic (exact) mass is 347 g/mol. The van der Waals surface area contributed by atoms with Crippen molar-refractivity contribution in [2.75, 3.05) is 6.61 Å². The number of carbonyl (C=O) groups excluding carboxylic acids is 1. The van der Waals surface area contributed by atoms with Crippen molar-refractivity contribution in [3.63, 3.8) is 0 Å². The number of carbonyl (C=O) groups is 1. The third-order valence-electron chi connectivity index (χ3n) is 4.26. The van der Waals surface area contributed by atoms with Gasteiger partial charge in [-0.3, -0.25) is 0 Å². The number of fused-ring (bicyclic) bond motifs is 1. The molecule has 0 fully saturated rings. The van der Waals surface area contributed by atoms with Crippen molar-refractivity contribution in [2.45, 2.75) is 13.8 Å². The number of pyridine rings is 1. The summed E-state index contributed by atoms with van der Waals surface area (Å²) >= 11 is 0. The second kappa shape index (κ2) is 6.52. The van der Waals surface area contributed by atoms with Gasteiger partial charge in [0.1, 0.15) is 12.2 Å². The van der Waals surface area contributed by atoms with Crippen LogP contribution in [0.3, 0.4) is 0 Å². The molecule has 0 saturated carbocycles. The van der Waals surface area contributed by atoms with Crippen LogP contribution in [0.1, 0.15) is 19.6 Å². The van der Waals surface area contributed by atoms with E-state index in [1.54, 1.807) is 24.4 Å². The van der Waals surface area contributed by atoms with Crippen LogP contribution in [0.15, 0.2) is 75.9 Å². The smallest absolute Gasteiger partial charge is 0.345 e. The molecule has 0 radical (unpaired) electrons. The van der Waals surface area contributed by atoms with Crippen LogP contribution >= 0.6 is 0 Å². The molecule has 0 atom stereocenters. The van der Waals surface area contributed by atoms with Crippen LogP contribution in [-0.2, 0) is 9.53 Å². The Kier molecular flexibility index (Phi) is 4.05. The Labute approximate surface area is 150 Å². The first-order valence-corrected chi connectivity index (χ1v) is 8.29. The fraction of sp³-hybridized carbons (Fsp3) is 0.143. The van der Waals surface area contributed by atoms with Gasteiger partial charge in [0.2, 0.25) is 5.88 Å². The van der Waals surface area contributed by atoms with Gasteiger partial charge >= 0.3 is 5.97 Å². The number of benzene rings is 1. The molecule has 0 aliphatic carbocycles. The summed E-state index contributed by atoms with van der Waals surface area (Å²) in [5, 5.41) is 0.982. The number of ether oxygens (including phenoxy) is 2. The maximum atomic E-state index is 12.7. The van der Waals surface area contributed by atoms with E-state index in [1.807, 2.05) is 44.2 Å². The molecule has 0 bridgehead atoms. The van der Waals surface area contributed by atoms with E-state index in [4.69, 9.17) is 13.9 Å². The van der Waals surface area contributed by atoms with Gasteiger partial charge in [0.05, 0.1) is 5.57 Å². The predicted molar refractivity (Wildman–Crippen MR) is 97.3 cm³/mol. The molecule has 2 aromatic heterocycles. The maximum Gasteiger partial charge on any atom is 0.345 e. The quantitative estimate of drug-likeness (QED) is 0.652. The number of hydrogen-bond acceptors (Lipinski definition) is 5. The van der Waals surface area contributed by atoms with Crippen molar-refractivity contribution >= 4 is 22.7 Å². The van der Waals surface area contributed by atoms with Crippen molar-refractivity contribution in [1.29, 1.82) is 0 Å². The van der Waals surface area contributed by atoms with Crippen LogP contribution in [0.4, 0.5) is 0 Å². The molecule has 1 aliphatic rings. The topological polar surface area (TPSA) is 61.6 Å². The Morgan fingerprint density at radius 2 is 1.92 bits per heavy atom. The summed E-state index contributed by atoms with van der Waals surface area (Å²) in [4.78, 5) is 16.7. The highest BCUT2D eigenvalue weighted by molar-refractivity contribution is 5.98. The molecule has 5 nitrogen and oxygen atoms in total. The molecule has 130 valence electrons. The molecule has 1 aliphatic heterocycles. The third-order valence-corrected chi connectivity index (χ3v) is 4.26. The number of rotatable bonds is 3. The van der Waals surface area contributed by atoms with Gasteiger partial charge in [-0.15, -0.1) is 0 Å². The number of para-hydroxylation sites is 1. The summed E-state index contributed by atoms with van der Waals surface area (Å²) in [6, 6.07) is 14.8. The summed E-state index contributed by atoms with van der Waals surface area (Å²) in [5.41, 5.74) is 2.77. The number of furan rings is 1. The SMILES string of the molecule is CC1=C(C(=O)Oc2ccccn2)C(C)=C(c2cc3ccccc3o2)OC1. The summed E-state index contributed by atoms with van der Waals surface area (Å²) < 4.78 is 17.2. The molecule has 1 aromatic carbocycles. The molecule has 0 unspecified atom stereocenters. The van der Waals surface area contributed by atoms with Crippen molar-refractivity contribution in [2.24, 2.45) is 0 Å². The second-order valence-corrected chi connectivity index (χ2v) is 6.10. The molecule has 26 heavy (non-hydrogen) atoms. The summed E-state index contributed by atoms with van der Waals surface area (Å²) in [6.45, 7) is 3.99. The van der Waals surface area contributed by atoms with E-state index in [0.717, 1.165) is 16.5 Å². The first-order chi connectivity index (χ1) is 12.6. The number of aromatic nitrogens is 1. The maximum absolute atomic E-state index is 12.7. The van der Waals surface area contributed by atoms with E-state index in [9.17, 15) is 4.79 Å². The van der Waals surface area contributed by atoms with Gasteiger partial charge < -0.3 is 13.9 Å². The average Bonchev–Trinajstić information content (AvgIpc) is 3.06. The lowest BCUT2D eigenvalue weighted by Gasteiger charge is -2.21. The van der Waals surface area contributed by atoms with E-state index in [0.29, 0.717) is 29.3 Å². The molecule has 0 spiro atoms. The first-order valence-electron chi connectivity index (χ1n) is 8.29. The minimum absolute atomic E-state index is 0.266. The van der Waals surface area contributed by atoms with Crippen molar-refractivity contribution in [3.8, 4) is 5.88 Å². The van der Waals surface area contributed by atoms with E-state index in [2.05, 4.69) is 4.98 Å². The van der Waals surface area contributed by atoms with Crippen LogP contribution in [0, 0.1) is 0 Å². The zero-order chi connectivity index (χ0) is 18.1. The van der Waals surface area contributed by atoms with Crippen LogP contribution in [-0.4, -0.2) is 17.6 Å². The normalized spacial score (nSPS) is 14.5. The Morgan fingerprint density at radius 1 is 1.12 bits per heavy atom. The van der Waals surface area contributed by atoms with Gasteiger partial charge in [0.25, 0.3) is 0 Å². The van der Waals surface area contributed by atoms with Gasteiger partial charge in [-0.25, -0.2) is 9.78 Å². The highest BCUT2D eigenvalue weighted by Crippen LogP contribution is 2.34. The van der Waals surface area contributed by atoms with Gasteiger partial charge in [0.15, 0.2) is 11.5 Å². The second-order valence-electron chi connectivity index (χ2n) is 6.10. The summed E-state index contributed by atoms with van der Waals surface area (Å²) in [5.74, 6) is 0.970. The van der Waals surface area contributed by atoms with Crippen molar-refractivity contribution in [1.82, 2.24) is 4.98 Å². The summed E-state index contributed by atoms with van der Waals surface area (Å²) in [6.07, 6.45) is 1.58. The lowest BCUT2D eigenvalue weighted by atomic mass is 9.98. The van der Waals surface area contributed by atoms with Crippen LogP contribution in [0.2, 0.25) is 0 Å². The zero-order valence-corrected chi connectivity index (χ0v) is 14.5. The lowest BCUT2D eigenvalue weighted by Crippen LogP contribution is -2.20. The highest BCUT2D eigenvalue weighted by Gasteiger charge is 2.27. The largest absolute Gasteiger partial charge is 0.485 e. The fourth-order valence-electron chi connectivity index (χ4n) is 3.02. The molecular weight excluding hydrogens is 330 g/mol. The molecule has 4 rings (SSSR count). The number of hydrogen-bond donors (Lipinski definition) is 0. The van der Waals surface area contributed by atoms with E-state index >= 15 is 0 Å². The fourth-order valence-corrected chi connectivity index (χ4v) is 3.02. The van der Waals surface area contributed by atoms with E-state index in [1.165, 1.54) is 0 Å². The predicted octanol–water partition coefficient (Wildman–Crippen LogP) is 4.51. The Balaban J connectivity index is 1.71. The van der Waals surface area contributed by atoms with Crippen LogP contribution < -0.4 is 4.74 Å². The average molecular weight is 347 g/mol. The molecule has 3 heterocycles. The Hall–Kier alpha value is -3.34. The number of esters is 1. The van der Waals surface area contributed by atoms with Gasteiger partial charge in [-0.2, -0.15) is 0 Å². The molecule has 0 amide bonds. The highest BCUT2D eigenvalue weighted by atomic mass is 16.5. The Morgan fingerprint density at radius 3 is 2.69 bits per heavy atom. The first kappa shape index (κ1) is 16.1. The molecular formula is C21H17NO4. The molecule has 5 heteroatoms. The minimum atomic E-state index is -0.449. The Bertz CT molecular complexity index is 1010. The van der Waals surface area contributed by atoms with Crippen molar-refractivity contribution in [3.05, 3.63) is 77.2 Å². The minimum Gasteiger partial charge on any atom is -0.485 e. The molecule has 0 N–H and O–H groups in total. The van der Waals surface area contributed by atoms with Crippen molar-refractivity contribution < 1.29 is 18.7 Å². The lowest BCUT2D eigenvalue weighted by molar-refractivity contribution is -0.130. The summed E-state index contributed by atoms with van der Waals surface area (Å²) in [7, 11) is 0. The third kappa shape index (κ3) is 2.88. The molecule has 0 saturated heterocycles. The van der Waals surface area contributed by atoms with Crippen LogP contribution in [0.5, 0.6) is 5.88 Å². The standard InChI is InChI=1S/C21H17NO4/c1-13-12-24-20(17-11-15-7-3-4-8-16(15)25-17)14(2)19(13)21(23)26-18-9-5-6-10-22-18/h3-11H,12H2,1-2H3. The van der Waals surface area contributed by atoms with Gasteiger partial charge in [-0.1, -0.05) is 24.3 Å². The van der Waals surface area contributed by atoms with E-state index < -0.39 is 5.97 Å². The molecule has 3 aromatic rings. The van der Waals surface area contributed by atoms with E-state index in [-0.39, 0.29) is 5.88 Å². The van der Waals surface area contributed by atoms with Gasteiger partial charge in [0, 0.05) is 23.2 Å². The van der Waals surface area contributed by atoms with Crippen LogP contribution in [0.25, 0.3) is 16.7 Å². The zero-order valence-electron chi connectivity index (χ0n) is 14.5. The van der Waals surface area contributed by atoms with Gasteiger partial charge in [-0.05, 0) is 37.6 Å². The number of nitrogens with zero attached hydrogens (tertiary/aromatic N) is 1.